The van der Waals surface area contributed by atoms with Gasteiger partial charge < -0.3 is 9.13 Å². The average molecular weight is 811 g/mol. The summed E-state index contributed by atoms with van der Waals surface area (Å²) in [4.78, 5) is 0. The van der Waals surface area contributed by atoms with Crippen LogP contribution in [0, 0.1) is 12.1 Å². The molecule has 2 aliphatic rings. The number of aromatic nitrogens is 2. The molecule has 14 rings (SSSR count). The summed E-state index contributed by atoms with van der Waals surface area (Å²) in [6.45, 7) is 0. The molecule has 0 bridgehead atoms. The third-order valence-electron chi connectivity index (χ3n) is 13.9. The summed E-state index contributed by atoms with van der Waals surface area (Å²) >= 11 is 0. The minimum absolute atomic E-state index is 1.00. The highest BCUT2D eigenvalue weighted by molar-refractivity contribution is 6.20. The first-order valence-corrected chi connectivity index (χ1v) is 22.3. The Balaban J connectivity index is 1.01. The second-order valence-electron chi connectivity index (χ2n) is 17.5. The van der Waals surface area contributed by atoms with Gasteiger partial charge in [0, 0.05) is 44.1 Å². The van der Waals surface area contributed by atoms with Crippen LogP contribution >= 0.6 is 0 Å². The van der Waals surface area contributed by atoms with Crippen LogP contribution in [0.3, 0.4) is 0 Å². The Bertz CT molecular complexity index is 4000. The van der Waals surface area contributed by atoms with E-state index in [1.54, 1.807) is 0 Å². The molecule has 0 fully saturated rings. The fourth-order valence-corrected chi connectivity index (χ4v) is 11.0. The Labute approximate surface area is 370 Å². The molecule has 0 amide bonds. The Hall–Kier alpha value is -8.38. The van der Waals surface area contributed by atoms with Gasteiger partial charge in [0.15, 0.2) is 0 Å². The van der Waals surface area contributed by atoms with E-state index in [1.807, 2.05) is 12.1 Å². The molecule has 0 radical (unpaired) electrons. The van der Waals surface area contributed by atoms with Crippen molar-refractivity contribution in [1.29, 1.82) is 0 Å². The highest BCUT2D eigenvalue weighted by Gasteiger charge is 2.28. The van der Waals surface area contributed by atoms with Crippen LogP contribution in [0.15, 0.2) is 206 Å². The number of rotatable bonds is 4. The molecule has 2 heteroatoms. The van der Waals surface area contributed by atoms with E-state index in [9.17, 15) is 0 Å². The van der Waals surface area contributed by atoms with Crippen molar-refractivity contribution in [2.24, 2.45) is 0 Å². The van der Waals surface area contributed by atoms with Crippen molar-refractivity contribution in [3.05, 3.63) is 224 Å². The minimum Gasteiger partial charge on any atom is -0.312 e. The van der Waals surface area contributed by atoms with Crippen molar-refractivity contribution in [3.8, 4) is 50.2 Å². The fourth-order valence-electron chi connectivity index (χ4n) is 11.0. The molecule has 2 nitrogen and oxygen atoms in total. The van der Waals surface area contributed by atoms with Crippen molar-refractivity contribution in [1.82, 2.24) is 9.13 Å². The van der Waals surface area contributed by atoms with Gasteiger partial charge in [-0.05, 0) is 170 Å². The first kappa shape index (κ1) is 35.2. The van der Waals surface area contributed by atoms with E-state index in [0.717, 1.165) is 29.7 Å². The molecule has 0 atom stereocenters. The zero-order chi connectivity index (χ0) is 41.9. The maximum Gasteiger partial charge on any atom is 0.0617 e. The lowest BCUT2D eigenvalue weighted by Gasteiger charge is -2.19. The van der Waals surface area contributed by atoms with E-state index in [-0.39, 0.29) is 0 Å². The van der Waals surface area contributed by atoms with Crippen LogP contribution in [0.5, 0.6) is 0 Å². The third-order valence-corrected chi connectivity index (χ3v) is 13.9. The van der Waals surface area contributed by atoms with Gasteiger partial charge in [0.05, 0.1) is 22.1 Å². The molecule has 296 valence electrons. The van der Waals surface area contributed by atoms with Gasteiger partial charge in [0.2, 0.25) is 0 Å². The van der Waals surface area contributed by atoms with E-state index >= 15 is 0 Å². The molecule has 0 saturated carbocycles. The lowest BCUT2D eigenvalue weighted by atomic mass is 9.87. The van der Waals surface area contributed by atoms with Gasteiger partial charge in [-0.1, -0.05) is 127 Å². The zero-order valence-corrected chi connectivity index (χ0v) is 34.9. The number of nitrogens with zero attached hydrogens (tertiary/aromatic N) is 2. The highest BCUT2D eigenvalue weighted by atomic mass is 15.0. The zero-order valence-electron chi connectivity index (χ0n) is 34.9. The van der Waals surface area contributed by atoms with Gasteiger partial charge in [-0.2, -0.15) is 0 Å². The Kier molecular flexibility index (Phi) is 7.47. The predicted molar refractivity (Wildman–Crippen MR) is 270 cm³/mol. The molecule has 0 N–H and O–H groups in total. The van der Waals surface area contributed by atoms with Gasteiger partial charge in [-0.25, -0.2) is 0 Å². The molecule has 64 heavy (non-hydrogen) atoms. The van der Waals surface area contributed by atoms with Crippen LogP contribution in [0.2, 0.25) is 0 Å². The lowest BCUT2D eigenvalue weighted by Crippen LogP contribution is -2.01. The Morgan fingerprint density at radius 1 is 0.391 bits per heavy atom. The second kappa shape index (κ2) is 13.6. The molecule has 1 aliphatic carbocycles. The second-order valence-corrected chi connectivity index (χ2v) is 17.5. The van der Waals surface area contributed by atoms with E-state index in [0.29, 0.717) is 0 Å². The van der Waals surface area contributed by atoms with Crippen molar-refractivity contribution < 1.29 is 0 Å². The van der Waals surface area contributed by atoms with Crippen LogP contribution in [-0.4, -0.2) is 9.13 Å². The average Bonchev–Trinajstić information content (AvgIpc) is 3.84. The summed E-state index contributed by atoms with van der Waals surface area (Å²) in [7, 11) is 0. The molecule has 2 aromatic heterocycles. The Morgan fingerprint density at radius 3 is 1.81 bits per heavy atom. The standard InChI is InChI=1S/C62H38N2/c1-2-14-39(15-3-1)46-31-47(44-27-26-40-16-4-5-17-41(40)30-44)33-49(32-46)63-58-23-11-9-21-51(58)55-36-45(28-29-61(55)63)48-37-56-52-22-10-13-25-60(52)64-59-24-12-8-20-50(59)53-34-42-18-6-7-19-43(42)35-54(53)57(38-48)62(56)64/h2,4-11,13-23,25-38H,12,24H2. The van der Waals surface area contributed by atoms with Gasteiger partial charge in [-0.3, -0.25) is 0 Å². The molecular weight excluding hydrogens is 773 g/mol. The van der Waals surface area contributed by atoms with Crippen molar-refractivity contribution >= 4 is 76.4 Å². The smallest absolute Gasteiger partial charge is 0.0617 e. The Morgan fingerprint density at radius 2 is 1.02 bits per heavy atom. The topological polar surface area (TPSA) is 9.86 Å². The predicted octanol–water partition coefficient (Wildman–Crippen LogP) is 16.5. The van der Waals surface area contributed by atoms with Gasteiger partial charge in [-0.15, -0.1) is 0 Å². The first-order chi connectivity index (χ1) is 31.7. The van der Waals surface area contributed by atoms with Crippen molar-refractivity contribution in [3.63, 3.8) is 0 Å². The van der Waals surface area contributed by atoms with E-state index in [2.05, 4.69) is 215 Å². The molecule has 1 aliphatic heterocycles. The maximum absolute atomic E-state index is 3.20. The number of hydrogen-bond donors (Lipinski definition) is 0. The normalized spacial score (nSPS) is 13.2. The fraction of sp³-hybridized carbons (Fsp3) is 0.0323. The van der Waals surface area contributed by atoms with Crippen LogP contribution in [0.4, 0.5) is 0 Å². The van der Waals surface area contributed by atoms with Crippen LogP contribution in [0.25, 0.3) is 127 Å². The number of hydrogen-bond acceptors (Lipinski definition) is 0. The van der Waals surface area contributed by atoms with Gasteiger partial charge in [0.25, 0.3) is 0 Å². The lowest BCUT2D eigenvalue weighted by molar-refractivity contribution is 0.986. The molecule has 0 spiro atoms. The summed E-state index contributed by atoms with van der Waals surface area (Å²) in [5, 5.41) is 10.1. The number of para-hydroxylation sites is 2. The molecule has 0 unspecified atom stereocenters. The summed E-state index contributed by atoms with van der Waals surface area (Å²) < 4.78 is 5.05. The summed E-state index contributed by atoms with van der Waals surface area (Å²) in [5.74, 6) is 0. The largest absolute Gasteiger partial charge is 0.312 e. The van der Waals surface area contributed by atoms with E-state index in [1.165, 1.54) is 115 Å². The molecule has 12 aromatic rings. The third kappa shape index (κ3) is 5.22. The minimum atomic E-state index is 1.00. The summed E-state index contributed by atoms with van der Waals surface area (Å²) in [6, 6.07) is 78.4. The number of fused-ring (bicyclic) bond motifs is 12. The van der Waals surface area contributed by atoms with Crippen molar-refractivity contribution in [2.45, 2.75) is 12.8 Å². The van der Waals surface area contributed by atoms with Crippen LogP contribution < -0.4 is 0 Å². The molecule has 0 saturated heterocycles. The quantitative estimate of drug-likeness (QED) is 0.168. The van der Waals surface area contributed by atoms with Crippen LogP contribution in [-0.2, 0) is 0 Å². The van der Waals surface area contributed by atoms with Crippen LogP contribution in [0.1, 0.15) is 18.4 Å². The van der Waals surface area contributed by atoms with E-state index in [4.69, 9.17) is 0 Å². The monoisotopic (exact) mass is 810 g/mol. The molecular formula is C62H38N2. The van der Waals surface area contributed by atoms with Crippen molar-refractivity contribution in [2.75, 3.05) is 0 Å². The molecule has 3 heterocycles. The van der Waals surface area contributed by atoms with Gasteiger partial charge >= 0.3 is 0 Å². The summed E-state index contributed by atoms with van der Waals surface area (Å²) in [6.07, 6.45) is 6.77. The van der Waals surface area contributed by atoms with E-state index < -0.39 is 0 Å². The highest BCUT2D eigenvalue weighted by Crippen LogP contribution is 2.50. The molecule has 10 aromatic carbocycles. The number of allylic oxidation sites excluding steroid dienone is 4. The number of benzene rings is 9. The SMILES string of the molecule is c1ccc(-c2cc(-c3ccc4ccccc4c3)cc(-n3c4ccccc4c4cc(-c5cc6c7c(c5)c5ccccc5n7C5=C(C=CCC5)c5cc7ccccc7cc5-6)ccc43)c2)cc#1. The summed E-state index contributed by atoms with van der Waals surface area (Å²) in [5.41, 5.74) is 19.7. The van der Waals surface area contributed by atoms with Gasteiger partial charge in [0.1, 0.15) is 0 Å². The maximum atomic E-state index is 3.20. The first-order valence-electron chi connectivity index (χ1n) is 22.3.